The molecule has 0 spiro atoms. The molecule has 2 aliphatic rings. The SMILES string of the molecule is CC(C)CN1CCC(O)(C2(N)CCOC2)CC1. The fourth-order valence-corrected chi connectivity index (χ4v) is 3.07. The number of hydrogen-bond donors (Lipinski definition) is 2. The van der Waals surface area contributed by atoms with Gasteiger partial charge in [0.1, 0.15) is 0 Å². The standard InChI is InChI=1S/C13H26N2O2/c1-11(2)9-15-6-3-13(16,4-7-15)12(14)5-8-17-10-12/h11,16H,3-10,14H2,1-2H3. The minimum atomic E-state index is -0.725. The number of hydrogen-bond acceptors (Lipinski definition) is 4. The summed E-state index contributed by atoms with van der Waals surface area (Å²) in [6, 6.07) is 0. The van der Waals surface area contributed by atoms with E-state index < -0.39 is 11.1 Å². The molecule has 2 heterocycles. The van der Waals surface area contributed by atoms with Crippen LogP contribution in [0.2, 0.25) is 0 Å². The van der Waals surface area contributed by atoms with Crippen LogP contribution in [0.15, 0.2) is 0 Å². The molecule has 2 saturated heterocycles. The summed E-state index contributed by atoms with van der Waals surface area (Å²) in [6.07, 6.45) is 2.34. The maximum absolute atomic E-state index is 10.8. The smallest absolute Gasteiger partial charge is 0.0874 e. The Hall–Kier alpha value is -0.160. The molecular weight excluding hydrogens is 216 g/mol. The molecule has 0 radical (unpaired) electrons. The molecule has 2 rings (SSSR count). The minimum absolute atomic E-state index is 0.508. The van der Waals surface area contributed by atoms with E-state index >= 15 is 0 Å². The minimum Gasteiger partial charge on any atom is -0.388 e. The van der Waals surface area contributed by atoms with E-state index in [9.17, 15) is 5.11 Å². The quantitative estimate of drug-likeness (QED) is 0.760. The number of piperidine rings is 1. The fourth-order valence-electron chi connectivity index (χ4n) is 3.07. The molecule has 2 fully saturated rings. The predicted octanol–water partition coefficient (Wildman–Crippen LogP) is 0.587. The van der Waals surface area contributed by atoms with Gasteiger partial charge in [0, 0.05) is 26.2 Å². The molecular formula is C13H26N2O2. The summed E-state index contributed by atoms with van der Waals surface area (Å²) in [5.74, 6) is 0.683. The molecule has 0 saturated carbocycles. The van der Waals surface area contributed by atoms with Crippen molar-refractivity contribution in [2.45, 2.75) is 44.2 Å². The van der Waals surface area contributed by atoms with Crippen LogP contribution in [0.5, 0.6) is 0 Å². The van der Waals surface area contributed by atoms with E-state index in [4.69, 9.17) is 10.5 Å². The van der Waals surface area contributed by atoms with Gasteiger partial charge in [-0.1, -0.05) is 13.8 Å². The van der Waals surface area contributed by atoms with Gasteiger partial charge >= 0.3 is 0 Å². The third-order valence-corrected chi connectivity index (χ3v) is 4.29. The summed E-state index contributed by atoms with van der Waals surface area (Å²) >= 11 is 0. The largest absolute Gasteiger partial charge is 0.388 e. The highest BCUT2D eigenvalue weighted by Gasteiger charge is 2.50. The Balaban J connectivity index is 1.92. The van der Waals surface area contributed by atoms with Crippen molar-refractivity contribution in [3.05, 3.63) is 0 Å². The first kappa shape index (κ1) is 13.3. The van der Waals surface area contributed by atoms with Gasteiger partial charge in [-0.05, 0) is 25.2 Å². The molecule has 3 N–H and O–H groups in total. The number of rotatable bonds is 3. The molecule has 0 aromatic carbocycles. The Morgan fingerprint density at radius 3 is 2.41 bits per heavy atom. The van der Waals surface area contributed by atoms with Gasteiger partial charge in [0.2, 0.25) is 0 Å². The monoisotopic (exact) mass is 242 g/mol. The average molecular weight is 242 g/mol. The van der Waals surface area contributed by atoms with Gasteiger partial charge in [-0.3, -0.25) is 0 Å². The van der Waals surface area contributed by atoms with E-state index in [0.29, 0.717) is 19.1 Å². The first-order valence-corrected chi connectivity index (χ1v) is 6.77. The number of likely N-dealkylation sites (tertiary alicyclic amines) is 1. The van der Waals surface area contributed by atoms with Crippen LogP contribution in [-0.2, 0) is 4.74 Å². The zero-order valence-corrected chi connectivity index (χ0v) is 11.1. The topological polar surface area (TPSA) is 58.7 Å². The lowest BCUT2D eigenvalue weighted by molar-refractivity contribution is -0.0827. The van der Waals surface area contributed by atoms with Crippen molar-refractivity contribution in [1.29, 1.82) is 0 Å². The summed E-state index contributed by atoms with van der Waals surface area (Å²) < 4.78 is 5.37. The number of nitrogens with zero attached hydrogens (tertiary/aromatic N) is 1. The maximum Gasteiger partial charge on any atom is 0.0874 e. The Kier molecular flexibility index (Phi) is 3.78. The lowest BCUT2D eigenvalue weighted by Gasteiger charge is -2.47. The first-order valence-electron chi connectivity index (χ1n) is 6.77. The average Bonchev–Trinajstić information content (AvgIpc) is 2.70. The Morgan fingerprint density at radius 2 is 1.94 bits per heavy atom. The zero-order valence-electron chi connectivity index (χ0n) is 11.1. The normalized spacial score (nSPS) is 34.4. The Morgan fingerprint density at radius 1 is 1.29 bits per heavy atom. The lowest BCUT2D eigenvalue weighted by atomic mass is 9.73. The second-order valence-electron chi connectivity index (χ2n) is 6.18. The molecule has 2 aliphatic heterocycles. The van der Waals surface area contributed by atoms with Gasteiger partial charge < -0.3 is 20.5 Å². The second kappa shape index (κ2) is 4.84. The van der Waals surface area contributed by atoms with E-state index in [1.807, 2.05) is 0 Å². The highest BCUT2D eigenvalue weighted by molar-refractivity contribution is 5.07. The molecule has 17 heavy (non-hydrogen) atoms. The van der Waals surface area contributed by atoms with Crippen LogP contribution in [0.3, 0.4) is 0 Å². The number of nitrogens with two attached hydrogens (primary N) is 1. The third kappa shape index (κ3) is 2.65. The highest BCUT2D eigenvalue weighted by atomic mass is 16.5. The second-order valence-corrected chi connectivity index (χ2v) is 6.18. The highest BCUT2D eigenvalue weighted by Crippen LogP contribution is 2.36. The Bertz CT molecular complexity index is 254. The van der Waals surface area contributed by atoms with Crippen LogP contribution in [0.25, 0.3) is 0 Å². The van der Waals surface area contributed by atoms with E-state index in [0.717, 1.165) is 38.9 Å². The van der Waals surface area contributed by atoms with Crippen molar-refractivity contribution >= 4 is 0 Å². The molecule has 4 heteroatoms. The lowest BCUT2D eigenvalue weighted by Crippen LogP contribution is -2.64. The van der Waals surface area contributed by atoms with Crippen molar-refractivity contribution in [3.63, 3.8) is 0 Å². The maximum atomic E-state index is 10.8. The van der Waals surface area contributed by atoms with Gasteiger partial charge in [0.15, 0.2) is 0 Å². The van der Waals surface area contributed by atoms with Gasteiger partial charge in [0.25, 0.3) is 0 Å². The summed E-state index contributed by atoms with van der Waals surface area (Å²) in [6.45, 7) is 8.68. The number of ether oxygens (including phenoxy) is 1. The molecule has 1 atom stereocenters. The van der Waals surface area contributed by atoms with Crippen LogP contribution in [0.4, 0.5) is 0 Å². The van der Waals surface area contributed by atoms with E-state index in [1.54, 1.807) is 0 Å². The van der Waals surface area contributed by atoms with Gasteiger partial charge in [-0.15, -0.1) is 0 Å². The van der Waals surface area contributed by atoms with Crippen LogP contribution in [0, 0.1) is 5.92 Å². The molecule has 100 valence electrons. The summed E-state index contributed by atoms with van der Waals surface area (Å²) in [4.78, 5) is 2.43. The fraction of sp³-hybridized carbons (Fsp3) is 1.00. The third-order valence-electron chi connectivity index (χ3n) is 4.29. The van der Waals surface area contributed by atoms with E-state index in [-0.39, 0.29) is 0 Å². The summed E-state index contributed by atoms with van der Waals surface area (Å²) in [5.41, 5.74) is 5.08. The van der Waals surface area contributed by atoms with Gasteiger partial charge in [0.05, 0.1) is 17.7 Å². The summed E-state index contributed by atoms with van der Waals surface area (Å²) in [5, 5.41) is 10.8. The molecule has 0 aliphatic carbocycles. The molecule has 1 unspecified atom stereocenters. The van der Waals surface area contributed by atoms with Crippen molar-refractivity contribution < 1.29 is 9.84 Å². The molecule has 0 aromatic rings. The van der Waals surface area contributed by atoms with Gasteiger partial charge in [-0.25, -0.2) is 0 Å². The van der Waals surface area contributed by atoms with Crippen LogP contribution in [-0.4, -0.2) is 54.0 Å². The van der Waals surface area contributed by atoms with Crippen molar-refractivity contribution in [2.75, 3.05) is 32.8 Å². The number of aliphatic hydroxyl groups is 1. The van der Waals surface area contributed by atoms with Crippen molar-refractivity contribution in [3.8, 4) is 0 Å². The van der Waals surface area contributed by atoms with Crippen molar-refractivity contribution in [2.24, 2.45) is 11.7 Å². The van der Waals surface area contributed by atoms with Crippen LogP contribution in [0.1, 0.15) is 33.1 Å². The van der Waals surface area contributed by atoms with E-state index in [2.05, 4.69) is 18.7 Å². The molecule has 4 nitrogen and oxygen atoms in total. The van der Waals surface area contributed by atoms with Crippen molar-refractivity contribution in [1.82, 2.24) is 4.90 Å². The van der Waals surface area contributed by atoms with Gasteiger partial charge in [-0.2, -0.15) is 0 Å². The summed E-state index contributed by atoms with van der Waals surface area (Å²) in [7, 11) is 0. The molecule has 0 bridgehead atoms. The first-order chi connectivity index (χ1) is 7.95. The Labute approximate surface area is 104 Å². The zero-order chi connectivity index (χ0) is 12.5. The molecule has 0 amide bonds. The van der Waals surface area contributed by atoms with Crippen LogP contribution >= 0.6 is 0 Å². The van der Waals surface area contributed by atoms with Crippen LogP contribution < -0.4 is 5.73 Å². The molecule has 0 aromatic heterocycles. The predicted molar refractivity (Wildman–Crippen MR) is 67.8 cm³/mol. The van der Waals surface area contributed by atoms with E-state index in [1.165, 1.54) is 0 Å².